The number of aryl methyl sites for hydroxylation is 1. The highest BCUT2D eigenvalue weighted by atomic mass is 79.9. The quantitative estimate of drug-likeness (QED) is 0.884. The van der Waals surface area contributed by atoms with Crippen molar-refractivity contribution in [1.82, 2.24) is 0 Å². The first-order chi connectivity index (χ1) is 6.59. The number of hydrogen-bond donors (Lipinski definition) is 1. The van der Waals surface area contributed by atoms with Crippen molar-refractivity contribution in [2.45, 2.75) is 31.3 Å². The van der Waals surface area contributed by atoms with E-state index in [-0.39, 0.29) is 5.82 Å². The second-order valence-electron chi connectivity index (χ2n) is 3.96. The predicted molar refractivity (Wildman–Crippen MR) is 56.6 cm³/mol. The van der Waals surface area contributed by atoms with Gasteiger partial charge in [0.2, 0.25) is 0 Å². The minimum atomic E-state index is -0.487. The Hall–Kier alpha value is -0.410. The van der Waals surface area contributed by atoms with Gasteiger partial charge in [-0.05, 0) is 43.4 Å². The molecule has 0 spiro atoms. The molecule has 0 radical (unpaired) electrons. The van der Waals surface area contributed by atoms with Gasteiger partial charge in [-0.2, -0.15) is 0 Å². The SMILES string of the molecule is OC1(CCc2ccc(Br)cc2F)CC1. The van der Waals surface area contributed by atoms with Crippen LogP contribution >= 0.6 is 15.9 Å². The van der Waals surface area contributed by atoms with E-state index in [4.69, 9.17) is 0 Å². The Morgan fingerprint density at radius 2 is 2.14 bits per heavy atom. The summed E-state index contributed by atoms with van der Waals surface area (Å²) in [6.07, 6.45) is 3.03. The van der Waals surface area contributed by atoms with E-state index in [0.717, 1.165) is 17.3 Å². The van der Waals surface area contributed by atoms with Crippen LogP contribution in [0.3, 0.4) is 0 Å². The van der Waals surface area contributed by atoms with Crippen molar-refractivity contribution in [2.24, 2.45) is 0 Å². The maximum absolute atomic E-state index is 13.3. The highest BCUT2D eigenvalue weighted by molar-refractivity contribution is 9.10. The summed E-state index contributed by atoms with van der Waals surface area (Å²) in [5.41, 5.74) is 0.202. The first kappa shape index (κ1) is 10.1. The lowest BCUT2D eigenvalue weighted by Crippen LogP contribution is -2.08. The monoisotopic (exact) mass is 258 g/mol. The van der Waals surface area contributed by atoms with Crippen molar-refractivity contribution in [2.75, 3.05) is 0 Å². The second kappa shape index (κ2) is 3.63. The van der Waals surface area contributed by atoms with Crippen LogP contribution in [-0.4, -0.2) is 10.7 Å². The lowest BCUT2D eigenvalue weighted by molar-refractivity contribution is 0.140. The topological polar surface area (TPSA) is 20.2 Å². The van der Waals surface area contributed by atoms with Crippen molar-refractivity contribution >= 4 is 15.9 Å². The minimum Gasteiger partial charge on any atom is -0.390 e. The zero-order valence-corrected chi connectivity index (χ0v) is 9.35. The van der Waals surface area contributed by atoms with E-state index in [1.165, 1.54) is 6.07 Å². The summed E-state index contributed by atoms with van der Waals surface area (Å²) in [6.45, 7) is 0. The fraction of sp³-hybridized carbons (Fsp3) is 0.455. The molecule has 1 nitrogen and oxygen atoms in total. The molecule has 1 saturated carbocycles. The molecular formula is C11H12BrFO. The van der Waals surface area contributed by atoms with Crippen LogP contribution in [0.1, 0.15) is 24.8 Å². The van der Waals surface area contributed by atoms with Gasteiger partial charge in [-0.15, -0.1) is 0 Å². The molecule has 2 rings (SSSR count). The zero-order valence-electron chi connectivity index (χ0n) is 7.76. The molecule has 14 heavy (non-hydrogen) atoms. The summed E-state index contributed by atoms with van der Waals surface area (Å²) in [4.78, 5) is 0. The van der Waals surface area contributed by atoms with Gasteiger partial charge in [-0.3, -0.25) is 0 Å². The minimum absolute atomic E-state index is 0.191. The van der Waals surface area contributed by atoms with Crippen molar-refractivity contribution in [3.05, 3.63) is 34.1 Å². The molecule has 0 saturated heterocycles. The highest BCUT2D eigenvalue weighted by Crippen LogP contribution is 2.39. The summed E-state index contributed by atoms with van der Waals surface area (Å²) in [5, 5.41) is 9.60. The maximum Gasteiger partial charge on any atom is 0.127 e. The van der Waals surface area contributed by atoms with Gasteiger partial charge in [0, 0.05) is 4.47 Å². The normalized spacial score (nSPS) is 18.2. The fourth-order valence-corrected chi connectivity index (χ4v) is 1.82. The third-order valence-electron chi connectivity index (χ3n) is 2.70. The van der Waals surface area contributed by atoms with Gasteiger partial charge in [-0.1, -0.05) is 22.0 Å². The molecular weight excluding hydrogens is 247 g/mol. The molecule has 1 aliphatic carbocycles. The van der Waals surface area contributed by atoms with Crippen LogP contribution in [0.5, 0.6) is 0 Å². The Kier molecular flexibility index (Phi) is 2.62. The molecule has 1 fully saturated rings. The van der Waals surface area contributed by atoms with E-state index in [9.17, 15) is 9.50 Å². The van der Waals surface area contributed by atoms with Crippen LogP contribution in [0, 0.1) is 5.82 Å². The standard InChI is InChI=1S/C11H12BrFO/c12-9-2-1-8(10(13)7-9)3-4-11(14)5-6-11/h1-2,7,14H,3-6H2. The Bertz CT molecular complexity index is 347. The molecule has 0 amide bonds. The van der Waals surface area contributed by atoms with Gasteiger partial charge in [0.05, 0.1) is 5.60 Å². The number of hydrogen-bond acceptors (Lipinski definition) is 1. The van der Waals surface area contributed by atoms with Crippen molar-refractivity contribution in [3.63, 3.8) is 0 Å². The van der Waals surface area contributed by atoms with Gasteiger partial charge in [-0.25, -0.2) is 4.39 Å². The Morgan fingerprint density at radius 1 is 1.43 bits per heavy atom. The van der Waals surface area contributed by atoms with Crippen molar-refractivity contribution in [1.29, 1.82) is 0 Å². The summed E-state index contributed by atoms with van der Waals surface area (Å²) in [5.74, 6) is -0.191. The first-order valence-corrected chi connectivity index (χ1v) is 5.55. The zero-order chi connectivity index (χ0) is 10.2. The highest BCUT2D eigenvalue weighted by Gasteiger charge is 2.39. The van der Waals surface area contributed by atoms with Gasteiger partial charge in [0.1, 0.15) is 5.82 Å². The molecule has 0 aliphatic heterocycles. The lowest BCUT2D eigenvalue weighted by Gasteiger charge is -2.07. The first-order valence-electron chi connectivity index (χ1n) is 4.75. The van der Waals surface area contributed by atoms with Crippen LogP contribution < -0.4 is 0 Å². The summed E-state index contributed by atoms with van der Waals surface area (Å²) in [6, 6.07) is 5.06. The number of aliphatic hydroxyl groups is 1. The molecule has 0 atom stereocenters. The summed E-state index contributed by atoms with van der Waals surface area (Å²) >= 11 is 3.21. The van der Waals surface area contributed by atoms with E-state index in [1.807, 2.05) is 6.07 Å². The van der Waals surface area contributed by atoms with Crippen LogP contribution in [0.2, 0.25) is 0 Å². The smallest absolute Gasteiger partial charge is 0.127 e. The lowest BCUT2D eigenvalue weighted by atomic mass is 10.1. The van der Waals surface area contributed by atoms with Gasteiger partial charge < -0.3 is 5.11 Å². The molecule has 1 N–H and O–H groups in total. The van der Waals surface area contributed by atoms with Crippen LogP contribution in [0.15, 0.2) is 22.7 Å². The number of halogens is 2. The molecule has 0 aromatic heterocycles. The van der Waals surface area contributed by atoms with Crippen molar-refractivity contribution in [3.8, 4) is 0 Å². The Balaban J connectivity index is 2.02. The molecule has 0 heterocycles. The molecule has 76 valence electrons. The van der Waals surface area contributed by atoms with Crippen LogP contribution in [0.25, 0.3) is 0 Å². The van der Waals surface area contributed by atoms with E-state index < -0.39 is 5.60 Å². The van der Waals surface area contributed by atoms with Gasteiger partial charge >= 0.3 is 0 Å². The van der Waals surface area contributed by atoms with E-state index in [0.29, 0.717) is 18.4 Å². The fourth-order valence-electron chi connectivity index (χ4n) is 1.49. The largest absolute Gasteiger partial charge is 0.390 e. The molecule has 1 aliphatic rings. The number of benzene rings is 1. The average molecular weight is 259 g/mol. The van der Waals surface area contributed by atoms with Crippen molar-refractivity contribution < 1.29 is 9.50 Å². The van der Waals surface area contributed by atoms with Gasteiger partial charge in [0.25, 0.3) is 0 Å². The third kappa shape index (κ3) is 2.34. The Labute approximate surface area is 91.1 Å². The third-order valence-corrected chi connectivity index (χ3v) is 3.20. The molecule has 0 bridgehead atoms. The molecule has 0 unspecified atom stereocenters. The molecule has 3 heteroatoms. The second-order valence-corrected chi connectivity index (χ2v) is 4.88. The Morgan fingerprint density at radius 3 is 2.71 bits per heavy atom. The summed E-state index contributed by atoms with van der Waals surface area (Å²) in [7, 11) is 0. The van der Waals surface area contributed by atoms with Gasteiger partial charge in [0.15, 0.2) is 0 Å². The molecule has 1 aromatic rings. The predicted octanol–water partition coefficient (Wildman–Crippen LogP) is 3.05. The number of rotatable bonds is 3. The van der Waals surface area contributed by atoms with Crippen LogP contribution in [0.4, 0.5) is 4.39 Å². The van der Waals surface area contributed by atoms with Crippen LogP contribution in [-0.2, 0) is 6.42 Å². The average Bonchev–Trinajstić information content (AvgIpc) is 2.83. The van der Waals surface area contributed by atoms with E-state index in [1.54, 1.807) is 6.07 Å². The van der Waals surface area contributed by atoms with E-state index >= 15 is 0 Å². The summed E-state index contributed by atoms with van der Waals surface area (Å²) < 4.78 is 14.1. The van der Waals surface area contributed by atoms with E-state index in [2.05, 4.69) is 15.9 Å². The maximum atomic E-state index is 13.3. The molecule has 1 aromatic carbocycles.